The Labute approximate surface area is 233 Å². The molecule has 0 aromatic heterocycles. The minimum Gasteiger partial charge on any atom is -0.571 e. The molecule has 14 heteroatoms. The lowest BCUT2D eigenvalue weighted by Gasteiger charge is -2.42. The zero-order valence-electron chi connectivity index (χ0n) is 21.7. The summed E-state index contributed by atoms with van der Waals surface area (Å²) in [5, 5.41) is 92.0. The molecule has 0 amide bonds. The standard InChI is InChI=1S/C27H32O14/c1-10-19(31)21(33)23(35)26(38-10)37-9-18-20(32)22(34)24(36)27(41-18)40-17-8-14-15(30)6-13(29)7-16(14)39-25(17)11-2-4-12(28)5-3-11/h2-8,10,18-36H,9H2,1H3/p+1/t10-,18+,19+,20+,21+,22-,23-,24+,25?,26-,27-/m1/s1. The van der Waals surface area contributed by atoms with Gasteiger partial charge in [-0.1, -0.05) is 0 Å². The number of aliphatic hydroxyl groups is 7. The predicted molar refractivity (Wildman–Crippen MR) is 136 cm³/mol. The van der Waals surface area contributed by atoms with Gasteiger partial charge >= 0.3 is 0 Å². The number of ether oxygens (including phenoxy) is 5. The Hall–Kier alpha value is -3.18. The third kappa shape index (κ3) is 5.79. The molecule has 0 radical (unpaired) electrons. The van der Waals surface area contributed by atoms with Crippen molar-refractivity contribution in [1.29, 1.82) is 0 Å². The van der Waals surface area contributed by atoms with Crippen molar-refractivity contribution in [2.24, 2.45) is 0 Å². The number of hydrogen-bond donors (Lipinski definition) is 9. The van der Waals surface area contributed by atoms with E-state index < -0.39 is 74.1 Å². The zero-order valence-corrected chi connectivity index (χ0v) is 21.7. The summed E-state index contributed by atoms with van der Waals surface area (Å²) in [6, 6.07) is 8.45. The van der Waals surface area contributed by atoms with Crippen LogP contribution in [0.3, 0.4) is 0 Å². The van der Waals surface area contributed by atoms with Crippen LogP contribution in [0.15, 0.2) is 42.2 Å². The fourth-order valence-electron chi connectivity index (χ4n) is 4.91. The largest absolute Gasteiger partial charge is 0.571 e. The minimum absolute atomic E-state index is 0.00108. The highest BCUT2D eigenvalue weighted by atomic mass is 16.7. The van der Waals surface area contributed by atoms with Gasteiger partial charge in [0.05, 0.1) is 24.3 Å². The first-order chi connectivity index (χ1) is 19.4. The van der Waals surface area contributed by atoms with E-state index in [0.717, 1.165) is 6.07 Å². The lowest BCUT2D eigenvalue weighted by molar-refractivity contribution is -0.325. The molecule has 11 atom stereocenters. The van der Waals surface area contributed by atoms with Gasteiger partial charge in [0, 0.05) is 12.1 Å². The number of benzene rings is 2. The van der Waals surface area contributed by atoms with E-state index in [2.05, 4.69) is 4.74 Å². The maximum atomic E-state index is 10.7. The van der Waals surface area contributed by atoms with Crippen LogP contribution in [0, 0.1) is 0 Å². The second kappa shape index (κ2) is 11.6. The van der Waals surface area contributed by atoms with Gasteiger partial charge in [-0.3, -0.25) is 0 Å². The maximum Gasteiger partial charge on any atom is 0.270 e. The Bertz CT molecular complexity index is 1250. The molecule has 2 aromatic rings. The number of phenols is 3. The van der Waals surface area contributed by atoms with Crippen molar-refractivity contribution in [3.8, 4) is 23.0 Å². The molecule has 3 aliphatic rings. The third-order valence-electron chi connectivity index (χ3n) is 7.31. The number of fused-ring (bicyclic) bond motifs is 1. The molecule has 0 spiro atoms. The fraction of sp³-hybridized carbons (Fsp3) is 0.481. The zero-order chi connectivity index (χ0) is 29.6. The average molecular weight is 582 g/mol. The normalized spacial score (nSPS) is 37.0. The van der Waals surface area contributed by atoms with Crippen LogP contribution in [0.1, 0.15) is 24.2 Å². The van der Waals surface area contributed by atoms with Crippen molar-refractivity contribution in [2.75, 3.05) is 6.61 Å². The summed E-state index contributed by atoms with van der Waals surface area (Å²) in [5.41, 5.74) is 0.739. The lowest BCUT2D eigenvalue weighted by atomic mass is 9.98. The lowest BCUT2D eigenvalue weighted by Crippen LogP contribution is -2.61. The van der Waals surface area contributed by atoms with Crippen LogP contribution < -0.4 is 0 Å². The van der Waals surface area contributed by atoms with Gasteiger partial charge in [-0.2, -0.15) is 0 Å². The summed E-state index contributed by atoms with van der Waals surface area (Å²) in [4.78, 5) is 0. The van der Waals surface area contributed by atoms with Crippen LogP contribution in [0.4, 0.5) is 0 Å². The summed E-state index contributed by atoms with van der Waals surface area (Å²) in [6.45, 7) is 0.993. The molecule has 5 rings (SSSR count). The molecule has 14 nitrogen and oxygen atoms in total. The highest BCUT2D eigenvalue weighted by molar-refractivity contribution is 5.69. The summed E-state index contributed by atoms with van der Waals surface area (Å²) in [5.74, 6) is -0.211. The minimum atomic E-state index is -1.75. The van der Waals surface area contributed by atoms with Crippen LogP contribution >= 0.6 is 0 Å². The van der Waals surface area contributed by atoms with Gasteiger partial charge in [-0.25, -0.2) is 0 Å². The van der Waals surface area contributed by atoms with E-state index in [0.29, 0.717) is 5.56 Å². The topological polar surface area (TPSA) is 232 Å². The van der Waals surface area contributed by atoms with Crippen LogP contribution in [0.25, 0.3) is 6.08 Å². The van der Waals surface area contributed by atoms with Gasteiger partial charge < -0.3 is 69.6 Å². The predicted octanol–water partition coefficient (Wildman–Crippen LogP) is -1.19. The number of hydrogen-bond acceptors (Lipinski definition) is 13. The van der Waals surface area contributed by atoms with E-state index in [-0.39, 0.29) is 34.3 Å². The molecule has 0 bridgehead atoms. The second-order valence-electron chi connectivity index (χ2n) is 10.2. The summed E-state index contributed by atoms with van der Waals surface area (Å²) >= 11 is 0. The molecule has 0 saturated carbocycles. The molecule has 3 heterocycles. The fourth-order valence-corrected chi connectivity index (χ4v) is 4.91. The first-order valence-corrected chi connectivity index (χ1v) is 12.9. The van der Waals surface area contributed by atoms with E-state index in [1.807, 2.05) is 0 Å². The Morgan fingerprint density at radius 1 is 0.756 bits per heavy atom. The Morgan fingerprint density at radius 3 is 2.12 bits per heavy atom. The van der Waals surface area contributed by atoms with Gasteiger partial charge in [0.15, 0.2) is 12.0 Å². The molecule has 41 heavy (non-hydrogen) atoms. The molecule has 2 saturated heterocycles. The smallest absolute Gasteiger partial charge is 0.270 e. The highest BCUT2D eigenvalue weighted by Gasteiger charge is 2.48. The van der Waals surface area contributed by atoms with Crippen molar-refractivity contribution in [3.63, 3.8) is 0 Å². The molecule has 0 aliphatic carbocycles. The van der Waals surface area contributed by atoms with Crippen molar-refractivity contribution < 1.29 is 69.6 Å². The first-order valence-electron chi connectivity index (χ1n) is 12.9. The Morgan fingerprint density at radius 2 is 1.41 bits per heavy atom. The van der Waals surface area contributed by atoms with E-state index in [1.54, 1.807) is 12.1 Å². The number of aliphatic hydroxyl groups excluding tert-OH is 6. The molecular formula is C27H33O14+. The SMILES string of the molecule is C[C@H]1O[C@@H](OC[C@@H]2O[C@@H](OC3=Cc4c(O)cc(O)cc4[OH+]C3c3ccc(O)cc3)[C@@H](O)[C@H](O)[C@H]2O)[C@H](O)[C@@H](O)[C@H]1O. The van der Waals surface area contributed by atoms with Crippen LogP contribution in [0.5, 0.6) is 23.0 Å². The summed E-state index contributed by atoms with van der Waals surface area (Å²) < 4.78 is 27.2. The summed E-state index contributed by atoms with van der Waals surface area (Å²) in [7, 11) is 0. The molecule has 3 aliphatic heterocycles. The summed E-state index contributed by atoms with van der Waals surface area (Å²) in [6.07, 6.45) is -14.3. The maximum absolute atomic E-state index is 10.7. The van der Waals surface area contributed by atoms with Gasteiger partial charge in [0.25, 0.3) is 11.9 Å². The third-order valence-corrected chi connectivity index (χ3v) is 7.31. The highest BCUT2D eigenvalue weighted by Crippen LogP contribution is 2.45. The van der Waals surface area contributed by atoms with Gasteiger partial charge in [0.2, 0.25) is 6.29 Å². The number of rotatable bonds is 6. The van der Waals surface area contributed by atoms with Crippen molar-refractivity contribution in [1.82, 2.24) is 0 Å². The Balaban J connectivity index is 1.37. The Kier molecular flexibility index (Phi) is 8.29. The number of phenolic OH excluding ortho intramolecular Hbond substituents is 3. The van der Waals surface area contributed by atoms with E-state index in [9.17, 15) is 46.0 Å². The van der Waals surface area contributed by atoms with Gasteiger partial charge in [-0.15, -0.1) is 0 Å². The quantitative estimate of drug-likeness (QED) is 0.183. The van der Waals surface area contributed by atoms with Crippen LogP contribution in [-0.4, -0.2) is 119 Å². The molecule has 2 fully saturated rings. The van der Waals surface area contributed by atoms with Gasteiger partial charge in [-0.05, 0) is 31.2 Å². The second-order valence-corrected chi connectivity index (χ2v) is 10.2. The van der Waals surface area contributed by atoms with Crippen molar-refractivity contribution in [3.05, 3.63) is 53.3 Å². The van der Waals surface area contributed by atoms with Crippen molar-refractivity contribution in [2.45, 2.75) is 74.4 Å². The van der Waals surface area contributed by atoms with Gasteiger partial charge in [0.1, 0.15) is 65.5 Å². The number of aromatic hydroxyl groups is 4. The molecule has 10 N–H and O–H groups in total. The van der Waals surface area contributed by atoms with Crippen LogP contribution in [0.2, 0.25) is 0 Å². The average Bonchev–Trinajstić information content (AvgIpc) is 2.94. The first kappa shape index (κ1) is 29.3. The van der Waals surface area contributed by atoms with E-state index >= 15 is 0 Å². The molecule has 1 unspecified atom stereocenters. The molecular weight excluding hydrogens is 548 g/mol. The van der Waals surface area contributed by atoms with E-state index in [4.69, 9.17) is 18.9 Å². The molecule has 224 valence electrons. The van der Waals surface area contributed by atoms with Crippen LogP contribution in [-0.2, 0) is 18.9 Å². The monoisotopic (exact) mass is 581 g/mol. The van der Waals surface area contributed by atoms with E-state index in [1.165, 1.54) is 31.2 Å². The molecule has 2 aromatic carbocycles. The van der Waals surface area contributed by atoms with Crippen molar-refractivity contribution >= 4 is 6.08 Å².